The monoisotopic (exact) mass is 360 g/mol. The molecule has 0 saturated heterocycles. The molecule has 0 radical (unpaired) electrons. The maximum Gasteiger partial charge on any atom is 0.166 e. The molecule has 0 aromatic heterocycles. The maximum atomic E-state index is 12.7. The van der Waals surface area contributed by atoms with Crippen molar-refractivity contribution in [3.63, 3.8) is 0 Å². The third-order valence-electron chi connectivity index (χ3n) is 4.45. The van der Waals surface area contributed by atoms with Crippen molar-refractivity contribution in [2.45, 2.75) is 25.9 Å². The highest BCUT2D eigenvalue weighted by molar-refractivity contribution is 5.98. The fraction of sp³-hybridized carbons (Fsp3) is 0.208. The van der Waals surface area contributed by atoms with E-state index < -0.39 is 0 Å². The van der Waals surface area contributed by atoms with E-state index in [2.05, 4.69) is 12.1 Å². The second-order valence-corrected chi connectivity index (χ2v) is 6.40. The Hall–Kier alpha value is -3.07. The summed E-state index contributed by atoms with van der Waals surface area (Å²) in [7, 11) is 1.64. The number of carbonyl (C=O) groups excluding carboxylic acids is 1. The summed E-state index contributed by atoms with van der Waals surface area (Å²) < 4.78 is 11.1. The first-order valence-electron chi connectivity index (χ1n) is 9.18. The second-order valence-electron chi connectivity index (χ2n) is 6.40. The zero-order valence-electron chi connectivity index (χ0n) is 15.6. The standard InChI is InChI=1S/C24H24O3/c1-26-21-16-14-20(15-17-21)18-27-24-13-6-5-11-22(24)23(25)12-7-10-19-8-3-2-4-9-19/h2-6,8-9,11,13-17H,7,10,12,18H2,1H3. The van der Waals surface area contributed by atoms with Gasteiger partial charge in [0.05, 0.1) is 12.7 Å². The summed E-state index contributed by atoms with van der Waals surface area (Å²) in [5.74, 6) is 1.57. The van der Waals surface area contributed by atoms with Crippen LogP contribution in [0, 0.1) is 0 Å². The number of rotatable bonds is 9. The van der Waals surface area contributed by atoms with Gasteiger partial charge >= 0.3 is 0 Å². The number of hydrogen-bond acceptors (Lipinski definition) is 3. The van der Waals surface area contributed by atoms with Crippen molar-refractivity contribution < 1.29 is 14.3 Å². The molecule has 3 aromatic rings. The number of Topliss-reactive ketones (excluding diaryl/α,β-unsaturated/α-hetero) is 1. The van der Waals surface area contributed by atoms with Gasteiger partial charge in [-0.1, -0.05) is 54.6 Å². The van der Waals surface area contributed by atoms with Crippen LogP contribution in [0.15, 0.2) is 78.9 Å². The van der Waals surface area contributed by atoms with Gasteiger partial charge in [-0.15, -0.1) is 0 Å². The van der Waals surface area contributed by atoms with Gasteiger partial charge in [0.25, 0.3) is 0 Å². The van der Waals surface area contributed by atoms with Gasteiger partial charge in [-0.25, -0.2) is 0 Å². The van der Waals surface area contributed by atoms with Gasteiger partial charge in [0.1, 0.15) is 18.1 Å². The average molecular weight is 360 g/mol. The largest absolute Gasteiger partial charge is 0.497 e. The molecule has 0 atom stereocenters. The topological polar surface area (TPSA) is 35.5 Å². The van der Waals surface area contributed by atoms with Gasteiger partial charge in [-0.2, -0.15) is 0 Å². The van der Waals surface area contributed by atoms with Gasteiger partial charge in [-0.3, -0.25) is 4.79 Å². The van der Waals surface area contributed by atoms with Crippen LogP contribution in [-0.4, -0.2) is 12.9 Å². The third kappa shape index (κ3) is 5.45. The number of benzene rings is 3. The first-order chi connectivity index (χ1) is 13.3. The van der Waals surface area contributed by atoms with Crippen LogP contribution in [0.25, 0.3) is 0 Å². The Morgan fingerprint density at radius 1 is 0.815 bits per heavy atom. The van der Waals surface area contributed by atoms with Gasteiger partial charge in [0.15, 0.2) is 5.78 Å². The number of ketones is 1. The number of ether oxygens (including phenoxy) is 2. The molecule has 0 amide bonds. The predicted molar refractivity (Wildman–Crippen MR) is 107 cm³/mol. The minimum Gasteiger partial charge on any atom is -0.497 e. The van der Waals surface area contributed by atoms with Crippen LogP contribution < -0.4 is 9.47 Å². The Bertz CT molecular complexity index is 854. The number of para-hydroxylation sites is 1. The smallest absolute Gasteiger partial charge is 0.166 e. The summed E-state index contributed by atoms with van der Waals surface area (Å²) in [6.45, 7) is 0.415. The summed E-state index contributed by atoms with van der Waals surface area (Å²) in [5.41, 5.74) is 2.94. The van der Waals surface area contributed by atoms with E-state index in [4.69, 9.17) is 9.47 Å². The van der Waals surface area contributed by atoms with Gasteiger partial charge in [0.2, 0.25) is 0 Å². The van der Waals surface area contributed by atoms with Crippen molar-refractivity contribution in [1.29, 1.82) is 0 Å². The molecular formula is C24H24O3. The SMILES string of the molecule is COc1ccc(COc2ccccc2C(=O)CCCc2ccccc2)cc1. The number of carbonyl (C=O) groups is 1. The fourth-order valence-corrected chi connectivity index (χ4v) is 2.94. The van der Waals surface area contributed by atoms with Gasteiger partial charge in [0, 0.05) is 6.42 Å². The van der Waals surface area contributed by atoms with Crippen LogP contribution in [0.3, 0.4) is 0 Å². The lowest BCUT2D eigenvalue weighted by molar-refractivity contribution is 0.0976. The molecule has 3 nitrogen and oxygen atoms in total. The Labute approximate surface area is 160 Å². The highest BCUT2D eigenvalue weighted by Crippen LogP contribution is 2.22. The molecule has 0 aliphatic rings. The summed E-state index contributed by atoms with van der Waals surface area (Å²) in [6, 6.07) is 25.4. The zero-order valence-corrected chi connectivity index (χ0v) is 15.6. The number of hydrogen-bond donors (Lipinski definition) is 0. The lowest BCUT2D eigenvalue weighted by Crippen LogP contribution is -2.05. The molecule has 0 saturated carbocycles. The summed E-state index contributed by atoms with van der Waals surface area (Å²) >= 11 is 0. The molecular weight excluding hydrogens is 336 g/mol. The molecule has 0 bridgehead atoms. The predicted octanol–water partition coefficient (Wildman–Crippen LogP) is 5.48. The molecule has 3 aromatic carbocycles. The third-order valence-corrected chi connectivity index (χ3v) is 4.45. The molecule has 0 N–H and O–H groups in total. The zero-order chi connectivity index (χ0) is 18.9. The van der Waals surface area contributed by atoms with E-state index in [1.165, 1.54) is 5.56 Å². The van der Waals surface area contributed by atoms with Crippen LogP contribution >= 0.6 is 0 Å². The molecule has 0 aliphatic heterocycles. The normalized spacial score (nSPS) is 10.4. The van der Waals surface area contributed by atoms with Crippen LogP contribution in [0.5, 0.6) is 11.5 Å². The Morgan fingerprint density at radius 2 is 1.52 bits per heavy atom. The van der Waals surface area contributed by atoms with Gasteiger partial charge in [-0.05, 0) is 48.2 Å². The summed E-state index contributed by atoms with van der Waals surface area (Å²) in [4.78, 5) is 12.7. The molecule has 0 unspecified atom stereocenters. The van der Waals surface area contributed by atoms with E-state index in [1.807, 2.05) is 66.7 Å². The quantitative estimate of drug-likeness (QED) is 0.474. The van der Waals surface area contributed by atoms with E-state index in [9.17, 15) is 4.79 Å². The molecule has 27 heavy (non-hydrogen) atoms. The van der Waals surface area contributed by atoms with E-state index >= 15 is 0 Å². The lowest BCUT2D eigenvalue weighted by atomic mass is 10.0. The highest BCUT2D eigenvalue weighted by Gasteiger charge is 2.12. The molecule has 0 spiro atoms. The van der Waals surface area contributed by atoms with E-state index in [0.717, 1.165) is 24.2 Å². The van der Waals surface area contributed by atoms with E-state index in [0.29, 0.717) is 24.3 Å². The molecule has 3 heteroatoms. The number of aryl methyl sites for hydroxylation is 1. The fourth-order valence-electron chi connectivity index (χ4n) is 2.94. The molecule has 138 valence electrons. The minimum atomic E-state index is 0.122. The summed E-state index contributed by atoms with van der Waals surface area (Å²) in [6.07, 6.45) is 2.24. The van der Waals surface area contributed by atoms with Crippen molar-refractivity contribution in [3.8, 4) is 11.5 Å². The lowest BCUT2D eigenvalue weighted by Gasteiger charge is -2.11. The van der Waals surface area contributed by atoms with Crippen LogP contribution in [-0.2, 0) is 13.0 Å². The van der Waals surface area contributed by atoms with Crippen LogP contribution in [0.1, 0.15) is 34.3 Å². The van der Waals surface area contributed by atoms with Crippen molar-refractivity contribution in [2.75, 3.05) is 7.11 Å². The molecule has 0 aliphatic carbocycles. The van der Waals surface area contributed by atoms with E-state index in [-0.39, 0.29) is 5.78 Å². The summed E-state index contributed by atoms with van der Waals surface area (Å²) in [5, 5.41) is 0. The molecule has 0 heterocycles. The Kier molecular flexibility index (Phi) is 6.64. The van der Waals surface area contributed by atoms with Crippen molar-refractivity contribution in [3.05, 3.63) is 95.6 Å². The van der Waals surface area contributed by atoms with Crippen LogP contribution in [0.2, 0.25) is 0 Å². The van der Waals surface area contributed by atoms with Crippen molar-refractivity contribution in [2.24, 2.45) is 0 Å². The second kappa shape index (κ2) is 9.58. The Morgan fingerprint density at radius 3 is 2.26 bits per heavy atom. The van der Waals surface area contributed by atoms with Crippen molar-refractivity contribution >= 4 is 5.78 Å². The highest BCUT2D eigenvalue weighted by atomic mass is 16.5. The maximum absolute atomic E-state index is 12.7. The number of methoxy groups -OCH3 is 1. The van der Waals surface area contributed by atoms with Crippen LogP contribution in [0.4, 0.5) is 0 Å². The van der Waals surface area contributed by atoms with E-state index in [1.54, 1.807) is 7.11 Å². The average Bonchev–Trinajstić information content (AvgIpc) is 2.73. The molecule has 0 fully saturated rings. The first-order valence-corrected chi connectivity index (χ1v) is 9.18. The molecule has 3 rings (SSSR count). The first kappa shape index (κ1) is 18.7. The van der Waals surface area contributed by atoms with Crippen molar-refractivity contribution in [1.82, 2.24) is 0 Å². The Balaban J connectivity index is 1.58. The minimum absolute atomic E-state index is 0.122. The van der Waals surface area contributed by atoms with Gasteiger partial charge < -0.3 is 9.47 Å².